The summed E-state index contributed by atoms with van der Waals surface area (Å²) in [6.45, 7) is 5.55. The summed E-state index contributed by atoms with van der Waals surface area (Å²) < 4.78 is 5.47. The highest BCUT2D eigenvalue weighted by Crippen LogP contribution is 2.23. The van der Waals surface area contributed by atoms with Crippen LogP contribution in [0.5, 0.6) is 5.75 Å². The number of ether oxygens (including phenoxy) is 1. The molecule has 0 aliphatic heterocycles. The molecule has 5 heteroatoms. The molecule has 0 aliphatic carbocycles. The molecule has 2 aromatic rings. The highest BCUT2D eigenvalue weighted by Gasteiger charge is 2.10. The minimum atomic E-state index is -0.252. The van der Waals surface area contributed by atoms with E-state index in [1.807, 2.05) is 38.1 Å². The minimum Gasteiger partial charge on any atom is -0.484 e. The second-order valence-corrected chi connectivity index (χ2v) is 5.53. The van der Waals surface area contributed by atoms with Crippen molar-refractivity contribution in [2.45, 2.75) is 27.2 Å². The van der Waals surface area contributed by atoms with Crippen molar-refractivity contribution in [1.29, 1.82) is 0 Å². The van der Waals surface area contributed by atoms with Crippen LogP contribution in [0.2, 0.25) is 0 Å². The number of hydrogen-bond acceptors (Lipinski definition) is 3. The predicted octanol–water partition coefficient (Wildman–Crippen LogP) is 3.67. The Morgan fingerprint density at radius 3 is 2.08 bits per heavy atom. The summed E-state index contributed by atoms with van der Waals surface area (Å²) in [5.41, 5.74) is 3.29. The summed E-state index contributed by atoms with van der Waals surface area (Å²) in [6.07, 6.45) is 0.403. The summed E-state index contributed by atoms with van der Waals surface area (Å²) in [4.78, 5) is 23.6. The van der Waals surface area contributed by atoms with Crippen molar-refractivity contribution in [2.24, 2.45) is 0 Å². The van der Waals surface area contributed by atoms with E-state index in [0.29, 0.717) is 23.5 Å². The first kappa shape index (κ1) is 17.5. The SMILES string of the molecule is CCC(=O)Nc1cccc(NC(=O)COc2ccc(C)cc2)c1C. The molecule has 2 N–H and O–H groups in total. The van der Waals surface area contributed by atoms with Crippen molar-refractivity contribution in [2.75, 3.05) is 17.2 Å². The second kappa shape index (κ2) is 8.15. The molecule has 24 heavy (non-hydrogen) atoms. The summed E-state index contributed by atoms with van der Waals surface area (Å²) in [6, 6.07) is 12.9. The first-order valence-corrected chi connectivity index (χ1v) is 7.88. The Kier molecular flexibility index (Phi) is 5.95. The van der Waals surface area contributed by atoms with Crippen molar-refractivity contribution in [3.63, 3.8) is 0 Å². The van der Waals surface area contributed by atoms with E-state index >= 15 is 0 Å². The zero-order valence-electron chi connectivity index (χ0n) is 14.2. The largest absolute Gasteiger partial charge is 0.484 e. The Hall–Kier alpha value is -2.82. The van der Waals surface area contributed by atoms with Gasteiger partial charge in [0.15, 0.2) is 6.61 Å². The first-order chi connectivity index (χ1) is 11.5. The van der Waals surface area contributed by atoms with Gasteiger partial charge in [-0.1, -0.05) is 30.7 Å². The molecule has 0 saturated heterocycles. The second-order valence-electron chi connectivity index (χ2n) is 5.53. The van der Waals surface area contributed by atoms with E-state index in [0.717, 1.165) is 11.1 Å². The third-order valence-electron chi connectivity index (χ3n) is 3.59. The fourth-order valence-electron chi connectivity index (χ4n) is 2.11. The van der Waals surface area contributed by atoms with Crippen LogP contribution >= 0.6 is 0 Å². The highest BCUT2D eigenvalue weighted by molar-refractivity contribution is 5.96. The Labute approximate surface area is 142 Å². The fourth-order valence-corrected chi connectivity index (χ4v) is 2.11. The quantitative estimate of drug-likeness (QED) is 0.851. The van der Waals surface area contributed by atoms with E-state index in [2.05, 4.69) is 10.6 Å². The van der Waals surface area contributed by atoms with Crippen molar-refractivity contribution >= 4 is 23.2 Å². The van der Waals surface area contributed by atoms with Gasteiger partial charge in [-0.25, -0.2) is 0 Å². The number of rotatable bonds is 6. The molecule has 0 radical (unpaired) electrons. The highest BCUT2D eigenvalue weighted by atomic mass is 16.5. The standard InChI is InChI=1S/C19H22N2O3/c1-4-18(22)20-16-6-5-7-17(14(16)3)21-19(23)12-24-15-10-8-13(2)9-11-15/h5-11H,4,12H2,1-3H3,(H,20,22)(H,21,23). The van der Waals surface area contributed by atoms with Gasteiger partial charge in [-0.05, 0) is 43.7 Å². The molecule has 2 amide bonds. The maximum absolute atomic E-state index is 12.1. The molecule has 0 saturated carbocycles. The smallest absolute Gasteiger partial charge is 0.262 e. The number of carbonyl (C=O) groups excluding carboxylic acids is 2. The minimum absolute atomic E-state index is 0.0655. The maximum atomic E-state index is 12.1. The van der Waals surface area contributed by atoms with E-state index < -0.39 is 0 Å². The number of aryl methyl sites for hydroxylation is 1. The van der Waals surface area contributed by atoms with Crippen LogP contribution in [0.25, 0.3) is 0 Å². The van der Waals surface area contributed by atoms with Gasteiger partial charge in [-0.2, -0.15) is 0 Å². The third-order valence-corrected chi connectivity index (χ3v) is 3.59. The van der Waals surface area contributed by atoms with Gasteiger partial charge in [-0.3, -0.25) is 9.59 Å². The van der Waals surface area contributed by atoms with Crippen molar-refractivity contribution < 1.29 is 14.3 Å². The molecule has 0 heterocycles. The zero-order valence-corrected chi connectivity index (χ0v) is 14.2. The van der Waals surface area contributed by atoms with Gasteiger partial charge in [0, 0.05) is 17.8 Å². The Bertz CT molecular complexity index is 724. The van der Waals surface area contributed by atoms with Crippen LogP contribution in [0, 0.1) is 13.8 Å². The van der Waals surface area contributed by atoms with E-state index in [1.165, 1.54) is 0 Å². The lowest BCUT2D eigenvalue weighted by molar-refractivity contribution is -0.118. The van der Waals surface area contributed by atoms with Crippen LogP contribution < -0.4 is 15.4 Å². The van der Waals surface area contributed by atoms with Crippen molar-refractivity contribution in [3.8, 4) is 5.75 Å². The van der Waals surface area contributed by atoms with Gasteiger partial charge in [0.05, 0.1) is 0 Å². The summed E-state index contributed by atoms with van der Waals surface area (Å²) >= 11 is 0. The summed E-state index contributed by atoms with van der Waals surface area (Å²) in [7, 11) is 0. The molecule has 0 aromatic heterocycles. The van der Waals surface area contributed by atoms with E-state index in [4.69, 9.17) is 4.74 Å². The Morgan fingerprint density at radius 1 is 0.917 bits per heavy atom. The molecular formula is C19H22N2O3. The van der Waals surface area contributed by atoms with Crippen LogP contribution in [0.4, 0.5) is 11.4 Å². The lowest BCUT2D eigenvalue weighted by Gasteiger charge is -2.13. The topological polar surface area (TPSA) is 67.4 Å². The normalized spacial score (nSPS) is 10.1. The molecule has 0 atom stereocenters. The van der Waals surface area contributed by atoms with Crippen molar-refractivity contribution in [3.05, 3.63) is 53.6 Å². The number of nitrogens with one attached hydrogen (secondary N) is 2. The molecule has 0 unspecified atom stereocenters. The molecular weight excluding hydrogens is 304 g/mol. The van der Waals surface area contributed by atoms with Gasteiger partial charge in [-0.15, -0.1) is 0 Å². The van der Waals surface area contributed by atoms with Crippen LogP contribution in [-0.2, 0) is 9.59 Å². The molecule has 0 aliphatic rings. The summed E-state index contributed by atoms with van der Waals surface area (Å²) in [5, 5.41) is 5.62. The lowest BCUT2D eigenvalue weighted by atomic mass is 10.1. The summed E-state index contributed by atoms with van der Waals surface area (Å²) in [5.74, 6) is 0.332. The average Bonchev–Trinajstić information content (AvgIpc) is 2.58. The molecule has 2 aromatic carbocycles. The van der Waals surface area contributed by atoms with Crippen LogP contribution in [0.15, 0.2) is 42.5 Å². The molecule has 126 valence electrons. The predicted molar refractivity (Wildman–Crippen MR) is 95.4 cm³/mol. The van der Waals surface area contributed by atoms with Crippen LogP contribution in [-0.4, -0.2) is 18.4 Å². The molecule has 0 spiro atoms. The number of carbonyl (C=O) groups is 2. The van der Waals surface area contributed by atoms with E-state index in [9.17, 15) is 9.59 Å². The van der Waals surface area contributed by atoms with Gasteiger partial charge >= 0.3 is 0 Å². The maximum Gasteiger partial charge on any atom is 0.262 e. The van der Waals surface area contributed by atoms with Crippen LogP contribution in [0.3, 0.4) is 0 Å². The van der Waals surface area contributed by atoms with Crippen LogP contribution in [0.1, 0.15) is 24.5 Å². The lowest BCUT2D eigenvalue weighted by Crippen LogP contribution is -2.21. The monoisotopic (exact) mass is 326 g/mol. The van der Waals surface area contributed by atoms with E-state index in [1.54, 1.807) is 25.1 Å². The van der Waals surface area contributed by atoms with Gasteiger partial charge in [0.25, 0.3) is 5.91 Å². The molecule has 2 rings (SSSR count). The first-order valence-electron chi connectivity index (χ1n) is 7.88. The number of benzene rings is 2. The molecule has 0 fully saturated rings. The Morgan fingerprint density at radius 2 is 1.50 bits per heavy atom. The van der Waals surface area contributed by atoms with Gasteiger partial charge < -0.3 is 15.4 Å². The number of hydrogen-bond donors (Lipinski definition) is 2. The fraction of sp³-hybridized carbons (Fsp3) is 0.263. The molecule has 5 nitrogen and oxygen atoms in total. The van der Waals surface area contributed by atoms with Gasteiger partial charge in [0.1, 0.15) is 5.75 Å². The zero-order chi connectivity index (χ0) is 17.5. The number of anilines is 2. The average molecular weight is 326 g/mol. The van der Waals surface area contributed by atoms with Gasteiger partial charge in [0.2, 0.25) is 5.91 Å². The Balaban J connectivity index is 1.97. The number of amides is 2. The molecule has 0 bridgehead atoms. The third kappa shape index (κ3) is 4.84. The van der Waals surface area contributed by atoms with E-state index in [-0.39, 0.29) is 18.4 Å². The van der Waals surface area contributed by atoms with Crippen molar-refractivity contribution in [1.82, 2.24) is 0 Å².